The first-order valence-corrected chi connectivity index (χ1v) is 6.28. The molecule has 0 bridgehead atoms. The molecule has 84 valence electrons. The van der Waals surface area contributed by atoms with Crippen LogP contribution in [0.15, 0.2) is 35.0 Å². The van der Waals surface area contributed by atoms with E-state index in [1.54, 1.807) is 11.3 Å². The fraction of sp³-hybridized carbons (Fsp3) is 0.167. The molecule has 1 aromatic carbocycles. The highest BCUT2D eigenvalue weighted by Gasteiger charge is 2.15. The average Bonchev–Trinajstić information content (AvgIpc) is 2.78. The van der Waals surface area contributed by atoms with E-state index in [1.165, 1.54) is 5.56 Å². The molecule has 0 aliphatic heterocycles. The van der Waals surface area contributed by atoms with Gasteiger partial charge < -0.3 is 0 Å². The largest absolute Gasteiger partial charge is 0.271 e. The molecule has 2 rings (SSSR count). The van der Waals surface area contributed by atoms with E-state index in [2.05, 4.69) is 23.8 Å². The Bertz CT molecular complexity index is 468. The lowest BCUT2D eigenvalue weighted by molar-refractivity contribution is 0.635. The number of hydrogen-bond acceptors (Lipinski definition) is 3. The van der Waals surface area contributed by atoms with Gasteiger partial charge in [0.2, 0.25) is 0 Å². The zero-order chi connectivity index (χ0) is 11.5. The highest BCUT2D eigenvalue weighted by molar-refractivity contribution is 7.08. The predicted molar refractivity (Wildman–Crippen MR) is 69.7 cm³/mol. The van der Waals surface area contributed by atoms with Crippen molar-refractivity contribution in [3.63, 3.8) is 0 Å². The number of halogens is 1. The van der Waals surface area contributed by atoms with Crippen molar-refractivity contribution in [2.75, 3.05) is 0 Å². The minimum atomic E-state index is 0.00458. The molecule has 0 fully saturated rings. The number of nitrogens with two attached hydrogens (primary N) is 1. The van der Waals surface area contributed by atoms with E-state index in [0.717, 1.165) is 16.1 Å². The van der Waals surface area contributed by atoms with Crippen molar-refractivity contribution >= 4 is 22.9 Å². The predicted octanol–water partition coefficient (Wildman–Crippen LogP) is 3.26. The van der Waals surface area contributed by atoms with Crippen LogP contribution in [0.2, 0.25) is 5.02 Å². The zero-order valence-electron chi connectivity index (χ0n) is 8.91. The van der Waals surface area contributed by atoms with Crippen LogP contribution < -0.4 is 11.3 Å². The van der Waals surface area contributed by atoms with Gasteiger partial charge in [-0.05, 0) is 52.6 Å². The van der Waals surface area contributed by atoms with Crippen LogP contribution in [-0.2, 0) is 0 Å². The van der Waals surface area contributed by atoms with Gasteiger partial charge in [0.05, 0.1) is 6.04 Å². The molecule has 1 aromatic heterocycles. The van der Waals surface area contributed by atoms with Gasteiger partial charge in [0, 0.05) is 5.02 Å². The summed E-state index contributed by atoms with van der Waals surface area (Å²) in [4.78, 5) is 0. The van der Waals surface area contributed by atoms with Gasteiger partial charge in [0.25, 0.3) is 0 Å². The summed E-state index contributed by atoms with van der Waals surface area (Å²) in [6.07, 6.45) is 0. The van der Waals surface area contributed by atoms with Crippen LogP contribution in [-0.4, -0.2) is 0 Å². The fourth-order valence-electron chi connectivity index (χ4n) is 1.73. The lowest BCUT2D eigenvalue weighted by atomic mass is 9.97. The van der Waals surface area contributed by atoms with Gasteiger partial charge in [-0.1, -0.05) is 17.7 Å². The maximum Gasteiger partial charge on any atom is 0.0721 e. The van der Waals surface area contributed by atoms with E-state index < -0.39 is 0 Å². The van der Waals surface area contributed by atoms with E-state index in [1.807, 2.05) is 23.6 Å². The van der Waals surface area contributed by atoms with Gasteiger partial charge in [-0.25, -0.2) is 5.43 Å². The van der Waals surface area contributed by atoms with Crippen molar-refractivity contribution in [3.05, 3.63) is 56.7 Å². The SMILES string of the molecule is Cc1ccc(Cl)cc1C(NN)c1ccsc1. The molecule has 0 saturated heterocycles. The maximum absolute atomic E-state index is 6.01. The molecule has 0 aliphatic rings. The van der Waals surface area contributed by atoms with Crippen LogP contribution in [0.3, 0.4) is 0 Å². The number of thiophene rings is 1. The number of rotatable bonds is 3. The second kappa shape index (κ2) is 4.97. The molecule has 2 nitrogen and oxygen atoms in total. The van der Waals surface area contributed by atoms with Crippen molar-refractivity contribution in [1.82, 2.24) is 5.43 Å². The Morgan fingerprint density at radius 2 is 2.19 bits per heavy atom. The van der Waals surface area contributed by atoms with Gasteiger partial charge in [0.15, 0.2) is 0 Å². The molecule has 0 spiro atoms. The molecule has 0 aliphatic carbocycles. The van der Waals surface area contributed by atoms with Gasteiger partial charge >= 0.3 is 0 Å². The first-order valence-electron chi connectivity index (χ1n) is 4.96. The quantitative estimate of drug-likeness (QED) is 0.650. The van der Waals surface area contributed by atoms with E-state index in [-0.39, 0.29) is 6.04 Å². The van der Waals surface area contributed by atoms with Crippen LogP contribution in [0.4, 0.5) is 0 Å². The number of nitrogens with one attached hydrogen (secondary N) is 1. The summed E-state index contributed by atoms with van der Waals surface area (Å²) in [6, 6.07) is 7.93. The van der Waals surface area contributed by atoms with E-state index in [4.69, 9.17) is 17.4 Å². The molecule has 1 heterocycles. The summed E-state index contributed by atoms with van der Waals surface area (Å²) in [5.41, 5.74) is 6.30. The second-order valence-corrected chi connectivity index (χ2v) is 4.87. The summed E-state index contributed by atoms with van der Waals surface area (Å²) in [6.45, 7) is 2.06. The van der Waals surface area contributed by atoms with Crippen LogP contribution in [0.1, 0.15) is 22.7 Å². The third-order valence-electron chi connectivity index (χ3n) is 2.60. The van der Waals surface area contributed by atoms with E-state index in [0.29, 0.717) is 0 Å². The smallest absolute Gasteiger partial charge is 0.0721 e. The van der Waals surface area contributed by atoms with E-state index >= 15 is 0 Å². The Balaban J connectivity index is 2.44. The number of aryl methyl sites for hydroxylation is 1. The Kier molecular flexibility index (Phi) is 3.61. The monoisotopic (exact) mass is 252 g/mol. The molecule has 0 saturated carbocycles. The van der Waals surface area contributed by atoms with Crippen LogP contribution >= 0.6 is 22.9 Å². The lowest BCUT2D eigenvalue weighted by Gasteiger charge is -2.17. The average molecular weight is 253 g/mol. The van der Waals surface area contributed by atoms with Crippen molar-refractivity contribution in [3.8, 4) is 0 Å². The summed E-state index contributed by atoms with van der Waals surface area (Å²) < 4.78 is 0. The van der Waals surface area contributed by atoms with Crippen molar-refractivity contribution in [2.45, 2.75) is 13.0 Å². The van der Waals surface area contributed by atoms with Crippen molar-refractivity contribution in [1.29, 1.82) is 0 Å². The molecule has 3 N–H and O–H groups in total. The summed E-state index contributed by atoms with van der Waals surface area (Å²) >= 11 is 7.67. The molecular formula is C12H13ClN2S. The molecular weight excluding hydrogens is 240 g/mol. The minimum absolute atomic E-state index is 0.00458. The Morgan fingerprint density at radius 1 is 1.38 bits per heavy atom. The summed E-state index contributed by atoms with van der Waals surface area (Å²) in [5, 5.41) is 4.86. The molecule has 1 atom stereocenters. The number of hydrogen-bond donors (Lipinski definition) is 2. The molecule has 1 unspecified atom stereocenters. The summed E-state index contributed by atoms with van der Waals surface area (Å²) in [7, 11) is 0. The Morgan fingerprint density at radius 3 is 2.81 bits per heavy atom. The van der Waals surface area contributed by atoms with Gasteiger partial charge in [0.1, 0.15) is 0 Å². The molecule has 4 heteroatoms. The topological polar surface area (TPSA) is 38.0 Å². The zero-order valence-corrected chi connectivity index (χ0v) is 10.5. The van der Waals surface area contributed by atoms with Crippen LogP contribution in [0.25, 0.3) is 0 Å². The normalized spacial score (nSPS) is 12.7. The van der Waals surface area contributed by atoms with Gasteiger partial charge in [-0.3, -0.25) is 5.84 Å². The van der Waals surface area contributed by atoms with Gasteiger partial charge in [-0.2, -0.15) is 11.3 Å². The maximum atomic E-state index is 6.01. The molecule has 16 heavy (non-hydrogen) atoms. The summed E-state index contributed by atoms with van der Waals surface area (Å²) in [5.74, 6) is 5.63. The standard InChI is InChI=1S/C12H13ClN2S/c1-8-2-3-10(13)6-11(8)12(15-14)9-4-5-16-7-9/h2-7,12,15H,14H2,1H3. The number of hydrazine groups is 1. The molecule has 0 radical (unpaired) electrons. The third-order valence-corrected chi connectivity index (χ3v) is 3.53. The van der Waals surface area contributed by atoms with Crippen molar-refractivity contribution < 1.29 is 0 Å². The van der Waals surface area contributed by atoms with Crippen LogP contribution in [0, 0.1) is 6.92 Å². The Hall–Kier alpha value is -0.870. The fourth-order valence-corrected chi connectivity index (χ4v) is 2.59. The highest BCUT2D eigenvalue weighted by atomic mass is 35.5. The lowest BCUT2D eigenvalue weighted by Crippen LogP contribution is -2.29. The first-order chi connectivity index (χ1) is 7.72. The third kappa shape index (κ3) is 2.28. The van der Waals surface area contributed by atoms with Crippen molar-refractivity contribution in [2.24, 2.45) is 5.84 Å². The molecule has 2 aromatic rings. The number of benzene rings is 1. The van der Waals surface area contributed by atoms with E-state index in [9.17, 15) is 0 Å². The minimum Gasteiger partial charge on any atom is -0.271 e. The van der Waals surface area contributed by atoms with Gasteiger partial charge in [-0.15, -0.1) is 0 Å². The van der Waals surface area contributed by atoms with Crippen LogP contribution in [0.5, 0.6) is 0 Å². The second-order valence-electron chi connectivity index (χ2n) is 3.66. The molecule has 0 amide bonds. The first kappa shape index (κ1) is 11.6. The Labute approximate surface area is 104 Å². The highest BCUT2D eigenvalue weighted by Crippen LogP contribution is 2.27.